The van der Waals surface area contributed by atoms with Gasteiger partial charge in [-0.05, 0) is 42.8 Å². The maximum absolute atomic E-state index is 13.0. The summed E-state index contributed by atoms with van der Waals surface area (Å²) in [6, 6.07) is 11.3. The van der Waals surface area contributed by atoms with Crippen LogP contribution in [0, 0.1) is 0 Å². The molecular weight excluding hydrogens is 363 g/mol. The van der Waals surface area contributed by atoms with Gasteiger partial charge in [0.25, 0.3) is 5.91 Å². The lowest BCUT2D eigenvalue weighted by molar-refractivity contribution is -0.139. The first-order valence-electron chi connectivity index (χ1n) is 8.15. The van der Waals surface area contributed by atoms with Crippen LogP contribution < -0.4 is 14.8 Å². The SMILES string of the molecule is COc1ccc(OC(C)C(=O)NCC(O)c2ccccc2C(F)(F)F)cc1. The van der Waals surface area contributed by atoms with E-state index in [1.54, 1.807) is 24.3 Å². The normalized spacial score (nSPS) is 13.6. The maximum Gasteiger partial charge on any atom is 0.416 e. The highest BCUT2D eigenvalue weighted by atomic mass is 19.4. The van der Waals surface area contributed by atoms with Crippen molar-refractivity contribution in [3.63, 3.8) is 0 Å². The lowest BCUT2D eigenvalue weighted by Crippen LogP contribution is -2.38. The van der Waals surface area contributed by atoms with Crippen LogP contribution in [0.3, 0.4) is 0 Å². The van der Waals surface area contributed by atoms with Gasteiger partial charge in [-0.3, -0.25) is 4.79 Å². The molecule has 0 aliphatic heterocycles. The minimum atomic E-state index is -4.59. The van der Waals surface area contributed by atoms with Gasteiger partial charge in [0, 0.05) is 6.54 Å². The van der Waals surface area contributed by atoms with E-state index in [4.69, 9.17) is 9.47 Å². The molecule has 0 fully saturated rings. The smallest absolute Gasteiger partial charge is 0.416 e. The minimum Gasteiger partial charge on any atom is -0.497 e. The van der Waals surface area contributed by atoms with Crippen molar-refractivity contribution >= 4 is 5.91 Å². The zero-order chi connectivity index (χ0) is 20.0. The van der Waals surface area contributed by atoms with E-state index >= 15 is 0 Å². The number of carbonyl (C=O) groups is 1. The Balaban J connectivity index is 1.94. The molecule has 2 rings (SSSR count). The highest BCUT2D eigenvalue weighted by Crippen LogP contribution is 2.34. The molecule has 0 radical (unpaired) electrons. The fourth-order valence-electron chi connectivity index (χ4n) is 2.41. The number of alkyl halides is 3. The van der Waals surface area contributed by atoms with Gasteiger partial charge in [0.05, 0.1) is 18.8 Å². The lowest BCUT2D eigenvalue weighted by atomic mass is 10.0. The monoisotopic (exact) mass is 383 g/mol. The highest BCUT2D eigenvalue weighted by Gasteiger charge is 2.34. The molecule has 0 aliphatic carbocycles. The molecule has 0 heterocycles. The Bertz CT molecular complexity index is 762. The Morgan fingerprint density at radius 2 is 1.70 bits per heavy atom. The number of aliphatic hydroxyl groups is 1. The maximum atomic E-state index is 13.0. The van der Waals surface area contributed by atoms with Crippen molar-refractivity contribution in [3.05, 3.63) is 59.7 Å². The number of hydrogen-bond donors (Lipinski definition) is 2. The molecule has 1 amide bonds. The van der Waals surface area contributed by atoms with Gasteiger partial charge in [-0.2, -0.15) is 13.2 Å². The van der Waals surface area contributed by atoms with Gasteiger partial charge in [-0.25, -0.2) is 0 Å². The van der Waals surface area contributed by atoms with Gasteiger partial charge in [0.15, 0.2) is 6.10 Å². The second-order valence-corrected chi connectivity index (χ2v) is 5.78. The first-order chi connectivity index (χ1) is 12.7. The zero-order valence-electron chi connectivity index (χ0n) is 14.8. The summed E-state index contributed by atoms with van der Waals surface area (Å²) in [5.41, 5.74) is -1.23. The average molecular weight is 383 g/mol. The van der Waals surface area contributed by atoms with Crippen molar-refractivity contribution in [1.82, 2.24) is 5.32 Å². The summed E-state index contributed by atoms with van der Waals surface area (Å²) >= 11 is 0. The molecule has 146 valence electrons. The van der Waals surface area contributed by atoms with Crippen LogP contribution >= 0.6 is 0 Å². The van der Waals surface area contributed by atoms with Gasteiger partial charge in [0.2, 0.25) is 0 Å². The minimum absolute atomic E-state index is 0.297. The third kappa shape index (κ3) is 5.62. The summed E-state index contributed by atoms with van der Waals surface area (Å²) in [5, 5.41) is 12.5. The van der Waals surface area contributed by atoms with Gasteiger partial charge in [-0.1, -0.05) is 18.2 Å². The van der Waals surface area contributed by atoms with Gasteiger partial charge < -0.3 is 19.9 Å². The molecule has 5 nitrogen and oxygen atoms in total. The molecule has 2 atom stereocenters. The van der Waals surface area contributed by atoms with Crippen LogP contribution in [0.25, 0.3) is 0 Å². The quantitative estimate of drug-likeness (QED) is 0.770. The topological polar surface area (TPSA) is 67.8 Å². The van der Waals surface area contributed by atoms with Crippen molar-refractivity contribution in [2.45, 2.75) is 25.3 Å². The predicted molar refractivity (Wildman–Crippen MR) is 92.5 cm³/mol. The van der Waals surface area contributed by atoms with Crippen molar-refractivity contribution in [1.29, 1.82) is 0 Å². The van der Waals surface area contributed by atoms with E-state index in [2.05, 4.69) is 5.32 Å². The number of benzene rings is 2. The fourth-order valence-corrected chi connectivity index (χ4v) is 2.41. The van der Waals surface area contributed by atoms with E-state index in [0.717, 1.165) is 6.07 Å². The molecule has 0 spiro atoms. The number of ether oxygens (including phenoxy) is 2. The van der Waals surface area contributed by atoms with Crippen LogP contribution in [0.15, 0.2) is 48.5 Å². The first-order valence-corrected chi connectivity index (χ1v) is 8.15. The van der Waals surface area contributed by atoms with Crippen LogP contribution in [0.1, 0.15) is 24.2 Å². The summed E-state index contributed by atoms with van der Waals surface area (Å²) in [6.07, 6.45) is -6.99. The van der Waals surface area contributed by atoms with Crippen LogP contribution in [-0.4, -0.2) is 30.8 Å². The third-order valence-corrected chi connectivity index (χ3v) is 3.84. The van der Waals surface area contributed by atoms with E-state index in [-0.39, 0.29) is 12.1 Å². The number of carbonyl (C=O) groups excluding carboxylic acids is 1. The average Bonchev–Trinajstić information content (AvgIpc) is 2.65. The number of methoxy groups -OCH3 is 1. The van der Waals surface area contributed by atoms with Crippen LogP contribution in [0.2, 0.25) is 0 Å². The fraction of sp³-hybridized carbons (Fsp3) is 0.316. The number of hydrogen-bond acceptors (Lipinski definition) is 4. The Kier molecular flexibility index (Phi) is 6.68. The number of halogens is 3. The molecule has 2 aromatic rings. The van der Waals surface area contributed by atoms with E-state index in [1.807, 2.05) is 0 Å². The van der Waals surface area contributed by atoms with Gasteiger partial charge >= 0.3 is 6.18 Å². The number of nitrogens with one attached hydrogen (secondary N) is 1. The zero-order valence-corrected chi connectivity index (χ0v) is 14.8. The molecule has 2 N–H and O–H groups in total. The van der Waals surface area contributed by atoms with Crippen molar-refractivity contribution < 1.29 is 32.5 Å². The van der Waals surface area contributed by atoms with Gasteiger partial charge in [0.1, 0.15) is 11.5 Å². The molecule has 2 unspecified atom stereocenters. The summed E-state index contributed by atoms with van der Waals surface area (Å²) in [4.78, 5) is 12.1. The predicted octanol–water partition coefficient (Wildman–Crippen LogP) is 3.33. The molecular formula is C19H20F3NO4. The molecule has 0 saturated heterocycles. The molecule has 0 saturated carbocycles. The summed E-state index contributed by atoms with van der Waals surface area (Å²) in [5.74, 6) is 0.502. The number of rotatable bonds is 7. The van der Waals surface area contributed by atoms with E-state index < -0.39 is 29.9 Å². The summed E-state index contributed by atoms with van der Waals surface area (Å²) in [7, 11) is 1.52. The standard InChI is InChI=1S/C19H20F3NO4/c1-12(27-14-9-7-13(26-2)8-10-14)18(25)23-11-17(24)15-5-3-4-6-16(15)19(20,21)22/h3-10,12,17,24H,11H2,1-2H3,(H,23,25). The Morgan fingerprint density at radius 3 is 2.30 bits per heavy atom. The van der Waals surface area contributed by atoms with Crippen molar-refractivity contribution in [2.75, 3.05) is 13.7 Å². The molecule has 8 heteroatoms. The van der Waals surface area contributed by atoms with Crippen LogP contribution in [-0.2, 0) is 11.0 Å². The third-order valence-electron chi connectivity index (χ3n) is 3.84. The summed E-state index contributed by atoms with van der Waals surface area (Å²) in [6.45, 7) is 1.12. The summed E-state index contributed by atoms with van der Waals surface area (Å²) < 4.78 is 49.5. The van der Waals surface area contributed by atoms with Crippen molar-refractivity contribution in [2.24, 2.45) is 0 Å². The highest BCUT2D eigenvalue weighted by molar-refractivity contribution is 5.80. The number of aliphatic hydroxyl groups excluding tert-OH is 1. The Hall–Kier alpha value is -2.74. The Labute approximate surface area is 154 Å². The second kappa shape index (κ2) is 8.77. The molecule has 0 bridgehead atoms. The van der Waals surface area contributed by atoms with E-state index in [0.29, 0.717) is 11.5 Å². The largest absolute Gasteiger partial charge is 0.497 e. The van der Waals surface area contributed by atoms with Gasteiger partial charge in [-0.15, -0.1) is 0 Å². The lowest BCUT2D eigenvalue weighted by Gasteiger charge is -2.19. The van der Waals surface area contributed by atoms with E-state index in [9.17, 15) is 23.1 Å². The first kappa shape index (κ1) is 20.6. The second-order valence-electron chi connectivity index (χ2n) is 5.78. The molecule has 0 aromatic heterocycles. The van der Waals surface area contributed by atoms with E-state index in [1.165, 1.54) is 32.2 Å². The van der Waals surface area contributed by atoms with Crippen molar-refractivity contribution in [3.8, 4) is 11.5 Å². The van der Waals surface area contributed by atoms with Crippen LogP contribution in [0.5, 0.6) is 11.5 Å². The molecule has 0 aliphatic rings. The Morgan fingerprint density at radius 1 is 1.11 bits per heavy atom. The van der Waals surface area contributed by atoms with Crippen LogP contribution in [0.4, 0.5) is 13.2 Å². The molecule has 2 aromatic carbocycles. The number of amides is 1. The molecule has 27 heavy (non-hydrogen) atoms.